The van der Waals surface area contributed by atoms with Crippen LogP contribution in [0.25, 0.3) is 10.2 Å². The van der Waals surface area contributed by atoms with Gasteiger partial charge in [0.15, 0.2) is 5.16 Å². The summed E-state index contributed by atoms with van der Waals surface area (Å²) in [6.45, 7) is 6.16. The van der Waals surface area contributed by atoms with E-state index in [0.717, 1.165) is 14.9 Å². The van der Waals surface area contributed by atoms with E-state index in [-0.39, 0.29) is 5.56 Å². The largest absolute Gasteiger partial charge is 0.283 e. The molecular weight excluding hydrogens is 240 g/mol. The zero-order valence-electron chi connectivity index (χ0n) is 9.19. The van der Waals surface area contributed by atoms with Crippen LogP contribution < -0.4 is 5.56 Å². The maximum Gasteiger partial charge on any atom is 0.263 e. The van der Waals surface area contributed by atoms with Crippen LogP contribution in [0.1, 0.15) is 4.88 Å². The molecule has 0 saturated heterocycles. The SMILES string of the molecule is C=CCn1c(SC)nc2sc(C)cc2c1=O. The van der Waals surface area contributed by atoms with Gasteiger partial charge in [-0.05, 0) is 19.2 Å². The molecule has 2 aromatic heterocycles. The highest BCUT2D eigenvalue weighted by Gasteiger charge is 2.11. The van der Waals surface area contributed by atoms with Crippen molar-refractivity contribution in [2.75, 3.05) is 6.26 Å². The summed E-state index contributed by atoms with van der Waals surface area (Å²) in [5.41, 5.74) is 0.0265. The van der Waals surface area contributed by atoms with Crippen molar-refractivity contribution >= 4 is 33.3 Å². The second-order valence-electron chi connectivity index (χ2n) is 3.38. The number of hydrogen-bond donors (Lipinski definition) is 0. The molecule has 0 N–H and O–H groups in total. The van der Waals surface area contributed by atoms with Gasteiger partial charge in [-0.25, -0.2) is 4.98 Å². The van der Waals surface area contributed by atoms with Gasteiger partial charge in [0, 0.05) is 11.4 Å². The van der Waals surface area contributed by atoms with E-state index >= 15 is 0 Å². The van der Waals surface area contributed by atoms with Crippen molar-refractivity contribution in [3.8, 4) is 0 Å². The molecule has 0 fully saturated rings. The van der Waals surface area contributed by atoms with E-state index in [1.807, 2.05) is 19.2 Å². The van der Waals surface area contributed by atoms with Gasteiger partial charge in [-0.15, -0.1) is 17.9 Å². The van der Waals surface area contributed by atoms with E-state index in [2.05, 4.69) is 11.6 Å². The molecule has 5 heteroatoms. The monoisotopic (exact) mass is 252 g/mol. The predicted molar refractivity (Wildman–Crippen MR) is 70.6 cm³/mol. The van der Waals surface area contributed by atoms with Gasteiger partial charge in [-0.1, -0.05) is 17.8 Å². The van der Waals surface area contributed by atoms with E-state index in [9.17, 15) is 4.79 Å². The van der Waals surface area contributed by atoms with Gasteiger partial charge in [-0.2, -0.15) is 0 Å². The Morgan fingerprint density at radius 1 is 1.69 bits per heavy atom. The summed E-state index contributed by atoms with van der Waals surface area (Å²) in [5.74, 6) is 0. The summed E-state index contributed by atoms with van der Waals surface area (Å²) in [5, 5.41) is 1.46. The Bertz CT molecular complexity index is 598. The van der Waals surface area contributed by atoms with Crippen molar-refractivity contribution in [3.05, 3.63) is 34.0 Å². The summed E-state index contributed by atoms with van der Waals surface area (Å²) in [6.07, 6.45) is 3.64. The summed E-state index contributed by atoms with van der Waals surface area (Å²) in [7, 11) is 0. The van der Waals surface area contributed by atoms with Crippen LogP contribution in [0.2, 0.25) is 0 Å². The molecule has 0 spiro atoms. The molecule has 2 heterocycles. The molecule has 0 aliphatic heterocycles. The smallest absolute Gasteiger partial charge is 0.263 e. The van der Waals surface area contributed by atoms with Gasteiger partial charge in [0.05, 0.1) is 5.39 Å². The maximum absolute atomic E-state index is 12.2. The highest BCUT2D eigenvalue weighted by atomic mass is 32.2. The molecular formula is C11H12N2OS2. The topological polar surface area (TPSA) is 34.9 Å². The van der Waals surface area contributed by atoms with Gasteiger partial charge in [0.1, 0.15) is 4.83 Å². The lowest BCUT2D eigenvalue weighted by molar-refractivity contribution is 0.674. The quantitative estimate of drug-likeness (QED) is 0.478. The van der Waals surface area contributed by atoms with Gasteiger partial charge in [0.2, 0.25) is 0 Å². The number of allylic oxidation sites excluding steroid dienone is 1. The van der Waals surface area contributed by atoms with Gasteiger partial charge >= 0.3 is 0 Å². The van der Waals surface area contributed by atoms with Gasteiger partial charge in [-0.3, -0.25) is 9.36 Å². The van der Waals surface area contributed by atoms with Crippen LogP contribution in [0.4, 0.5) is 0 Å². The first kappa shape index (κ1) is 11.4. The molecule has 2 rings (SSSR count). The van der Waals surface area contributed by atoms with Crippen molar-refractivity contribution in [3.63, 3.8) is 0 Å². The maximum atomic E-state index is 12.2. The van der Waals surface area contributed by atoms with Crippen LogP contribution in [-0.4, -0.2) is 15.8 Å². The highest BCUT2D eigenvalue weighted by molar-refractivity contribution is 7.98. The Labute approximate surface area is 102 Å². The standard InChI is InChI=1S/C11H12N2OS2/c1-4-5-13-10(14)8-6-7(2)16-9(8)12-11(13)15-3/h4,6H,1,5H2,2-3H3. The number of nitrogens with zero attached hydrogens (tertiary/aromatic N) is 2. The van der Waals surface area contributed by atoms with Crippen molar-refractivity contribution in [1.29, 1.82) is 0 Å². The molecule has 84 valence electrons. The fourth-order valence-corrected chi connectivity index (χ4v) is 3.05. The van der Waals surface area contributed by atoms with Crippen LogP contribution in [0.3, 0.4) is 0 Å². The average molecular weight is 252 g/mol. The minimum absolute atomic E-state index is 0.0265. The molecule has 0 amide bonds. The second-order valence-corrected chi connectivity index (χ2v) is 5.39. The first-order valence-corrected chi connectivity index (χ1v) is 6.87. The Hall–Kier alpha value is -1.07. The van der Waals surface area contributed by atoms with Crippen LogP contribution >= 0.6 is 23.1 Å². The minimum atomic E-state index is 0.0265. The zero-order chi connectivity index (χ0) is 11.7. The first-order valence-electron chi connectivity index (χ1n) is 4.83. The highest BCUT2D eigenvalue weighted by Crippen LogP contribution is 2.22. The third-order valence-electron chi connectivity index (χ3n) is 2.23. The molecule has 0 unspecified atom stereocenters. The number of aromatic nitrogens is 2. The van der Waals surface area contributed by atoms with E-state index in [4.69, 9.17) is 0 Å². The number of thiophene rings is 1. The van der Waals surface area contributed by atoms with Crippen molar-refractivity contribution < 1.29 is 0 Å². The van der Waals surface area contributed by atoms with Crippen LogP contribution in [0.15, 0.2) is 28.7 Å². The number of aryl methyl sites for hydroxylation is 1. The van der Waals surface area contributed by atoms with Gasteiger partial charge < -0.3 is 0 Å². The number of hydrogen-bond acceptors (Lipinski definition) is 4. The summed E-state index contributed by atoms with van der Waals surface area (Å²) in [4.78, 5) is 18.6. The average Bonchev–Trinajstić information content (AvgIpc) is 2.63. The van der Waals surface area contributed by atoms with Crippen molar-refractivity contribution in [2.24, 2.45) is 0 Å². The molecule has 0 bridgehead atoms. The second kappa shape index (κ2) is 4.43. The third kappa shape index (κ3) is 1.81. The normalized spacial score (nSPS) is 10.9. The first-order chi connectivity index (χ1) is 7.67. The molecule has 0 saturated carbocycles. The van der Waals surface area contributed by atoms with E-state index in [1.165, 1.54) is 11.8 Å². The molecule has 0 radical (unpaired) electrons. The molecule has 2 aromatic rings. The van der Waals surface area contributed by atoms with Crippen molar-refractivity contribution in [2.45, 2.75) is 18.6 Å². The lowest BCUT2D eigenvalue weighted by Crippen LogP contribution is -2.21. The van der Waals surface area contributed by atoms with Crippen LogP contribution in [0.5, 0.6) is 0 Å². The molecule has 0 aliphatic rings. The van der Waals surface area contributed by atoms with Crippen LogP contribution in [-0.2, 0) is 6.54 Å². The Morgan fingerprint density at radius 3 is 3.06 bits per heavy atom. The lowest BCUT2D eigenvalue weighted by Gasteiger charge is -2.07. The van der Waals surface area contributed by atoms with Crippen molar-refractivity contribution in [1.82, 2.24) is 9.55 Å². The summed E-state index contributed by atoms with van der Waals surface area (Å²) >= 11 is 3.04. The lowest BCUT2D eigenvalue weighted by atomic mass is 10.3. The zero-order valence-corrected chi connectivity index (χ0v) is 10.8. The fourth-order valence-electron chi connectivity index (χ4n) is 1.56. The molecule has 3 nitrogen and oxygen atoms in total. The molecule has 16 heavy (non-hydrogen) atoms. The summed E-state index contributed by atoms with van der Waals surface area (Å²) in [6, 6.07) is 1.90. The third-order valence-corrected chi connectivity index (χ3v) is 3.85. The summed E-state index contributed by atoms with van der Waals surface area (Å²) < 4.78 is 1.66. The minimum Gasteiger partial charge on any atom is -0.283 e. The molecule has 0 aliphatic carbocycles. The van der Waals surface area contributed by atoms with E-state index < -0.39 is 0 Å². The van der Waals surface area contributed by atoms with E-state index in [0.29, 0.717) is 11.9 Å². The number of thioether (sulfide) groups is 1. The van der Waals surface area contributed by atoms with E-state index in [1.54, 1.807) is 22.0 Å². The fraction of sp³-hybridized carbons (Fsp3) is 0.273. The van der Waals surface area contributed by atoms with Crippen LogP contribution in [0, 0.1) is 6.92 Å². The Balaban J connectivity index is 2.81. The molecule has 0 atom stereocenters. The van der Waals surface area contributed by atoms with Gasteiger partial charge in [0.25, 0.3) is 5.56 Å². The number of rotatable bonds is 3. The Kier molecular flexibility index (Phi) is 3.16. The number of fused-ring (bicyclic) bond motifs is 1. The predicted octanol–water partition coefficient (Wildman–Crippen LogP) is 2.67. The Morgan fingerprint density at radius 2 is 2.44 bits per heavy atom. The molecule has 0 aromatic carbocycles.